The third-order valence-electron chi connectivity index (χ3n) is 2.79. The normalized spacial score (nSPS) is 12.1. The van der Waals surface area contributed by atoms with E-state index in [0.717, 1.165) is 5.56 Å². The van der Waals surface area contributed by atoms with Gasteiger partial charge in [-0.1, -0.05) is 29.8 Å². The molecule has 0 radical (unpaired) electrons. The predicted octanol–water partition coefficient (Wildman–Crippen LogP) is 3.55. The Balaban J connectivity index is 2.96. The number of esters is 1. The molecule has 0 aromatic heterocycles. The number of rotatable bonds is 3. The molecule has 0 N–H and O–H groups in total. The van der Waals surface area contributed by atoms with E-state index >= 15 is 0 Å². The van der Waals surface area contributed by atoms with Crippen molar-refractivity contribution in [1.82, 2.24) is 0 Å². The minimum absolute atomic E-state index is 0.221. The number of Topliss-reactive ketones (excluding diaryl/α,β-unsaturated/α-hetero) is 1. The van der Waals surface area contributed by atoms with Crippen molar-refractivity contribution in [2.75, 3.05) is 0 Å². The Kier molecular flexibility index (Phi) is 4.18. The van der Waals surface area contributed by atoms with E-state index in [2.05, 4.69) is 0 Å². The third-order valence-corrected chi connectivity index (χ3v) is 2.79. The second kappa shape index (κ2) is 5.16. The Labute approximate surface area is 115 Å². The second-order valence-corrected chi connectivity index (χ2v) is 6.32. The highest BCUT2D eigenvalue weighted by Gasteiger charge is 2.39. The largest absolute Gasteiger partial charge is 0.459 e. The van der Waals surface area contributed by atoms with Crippen molar-refractivity contribution in [1.29, 1.82) is 0 Å². The fraction of sp³-hybridized carbons (Fsp3) is 0.500. The van der Waals surface area contributed by atoms with E-state index in [1.807, 2.05) is 19.1 Å². The smallest absolute Gasteiger partial charge is 0.319 e. The summed E-state index contributed by atoms with van der Waals surface area (Å²) in [5, 5.41) is 0. The van der Waals surface area contributed by atoms with E-state index in [1.54, 1.807) is 46.8 Å². The molecule has 3 nitrogen and oxygen atoms in total. The van der Waals surface area contributed by atoms with Crippen molar-refractivity contribution in [3.05, 3.63) is 35.4 Å². The molecule has 0 saturated heterocycles. The Hall–Kier alpha value is -1.64. The molecule has 3 heteroatoms. The zero-order valence-electron chi connectivity index (χ0n) is 12.5. The molecule has 104 valence electrons. The number of ketones is 1. The average molecular weight is 262 g/mol. The van der Waals surface area contributed by atoms with Crippen molar-refractivity contribution < 1.29 is 14.3 Å². The summed E-state index contributed by atoms with van der Waals surface area (Å²) in [5.41, 5.74) is -0.169. The maximum atomic E-state index is 12.4. The molecule has 1 rings (SSSR count). The molecule has 0 atom stereocenters. The molecule has 0 aliphatic carbocycles. The molecular formula is C16H22O3. The van der Waals surface area contributed by atoms with Gasteiger partial charge in [-0.15, -0.1) is 0 Å². The summed E-state index contributed by atoms with van der Waals surface area (Å²) in [4.78, 5) is 24.5. The van der Waals surface area contributed by atoms with Gasteiger partial charge in [0.25, 0.3) is 0 Å². The van der Waals surface area contributed by atoms with Crippen LogP contribution in [-0.4, -0.2) is 17.4 Å². The monoisotopic (exact) mass is 262 g/mol. The van der Waals surface area contributed by atoms with Crippen molar-refractivity contribution in [3.8, 4) is 0 Å². The summed E-state index contributed by atoms with van der Waals surface area (Å²) in [6, 6.07) is 7.20. The van der Waals surface area contributed by atoms with Crippen LogP contribution in [0, 0.1) is 12.3 Å². The van der Waals surface area contributed by atoms with Crippen LogP contribution in [0.15, 0.2) is 24.3 Å². The van der Waals surface area contributed by atoms with Gasteiger partial charge in [0.05, 0.1) is 0 Å². The van der Waals surface area contributed by atoms with E-state index < -0.39 is 17.0 Å². The molecule has 1 aromatic rings. The number of hydrogen-bond donors (Lipinski definition) is 0. The molecule has 0 heterocycles. The van der Waals surface area contributed by atoms with Gasteiger partial charge in [0.1, 0.15) is 11.0 Å². The van der Waals surface area contributed by atoms with Crippen molar-refractivity contribution in [3.63, 3.8) is 0 Å². The van der Waals surface area contributed by atoms with Crippen LogP contribution in [0.25, 0.3) is 0 Å². The Morgan fingerprint density at radius 3 is 1.84 bits per heavy atom. The standard InChI is InChI=1S/C16H22O3/c1-11-7-9-12(10-8-11)13(17)16(5,6)14(18)19-15(2,3)4/h7-10H,1-6H3. The zero-order valence-corrected chi connectivity index (χ0v) is 12.5. The lowest BCUT2D eigenvalue weighted by atomic mass is 9.84. The first-order valence-electron chi connectivity index (χ1n) is 6.39. The van der Waals surface area contributed by atoms with E-state index in [9.17, 15) is 9.59 Å². The summed E-state index contributed by atoms with van der Waals surface area (Å²) < 4.78 is 5.31. The van der Waals surface area contributed by atoms with Gasteiger partial charge >= 0.3 is 5.97 Å². The lowest BCUT2D eigenvalue weighted by Crippen LogP contribution is -2.39. The van der Waals surface area contributed by atoms with Crippen LogP contribution in [0.5, 0.6) is 0 Å². The van der Waals surface area contributed by atoms with Crippen LogP contribution in [0.2, 0.25) is 0 Å². The molecule has 0 bridgehead atoms. The van der Waals surface area contributed by atoms with Gasteiger partial charge < -0.3 is 4.74 Å². The quantitative estimate of drug-likeness (QED) is 0.475. The molecule has 0 fully saturated rings. The number of hydrogen-bond acceptors (Lipinski definition) is 3. The SMILES string of the molecule is Cc1ccc(C(=O)C(C)(C)C(=O)OC(C)(C)C)cc1. The summed E-state index contributed by atoms with van der Waals surface area (Å²) in [7, 11) is 0. The first-order chi connectivity index (χ1) is 8.54. The zero-order chi connectivity index (χ0) is 14.8. The average Bonchev–Trinajstić information content (AvgIpc) is 2.26. The Morgan fingerprint density at radius 1 is 0.947 bits per heavy atom. The molecule has 0 spiro atoms. The lowest BCUT2D eigenvalue weighted by molar-refractivity contribution is -0.162. The molecular weight excluding hydrogens is 240 g/mol. The van der Waals surface area contributed by atoms with Crippen molar-refractivity contribution in [2.45, 2.75) is 47.1 Å². The third kappa shape index (κ3) is 3.91. The van der Waals surface area contributed by atoms with Crippen LogP contribution < -0.4 is 0 Å². The number of carbonyl (C=O) groups excluding carboxylic acids is 2. The summed E-state index contributed by atoms with van der Waals surface area (Å²) in [6.45, 7) is 10.5. The highest BCUT2D eigenvalue weighted by molar-refractivity contribution is 6.11. The molecule has 0 aliphatic rings. The van der Waals surface area contributed by atoms with Gasteiger partial charge in [-0.2, -0.15) is 0 Å². The maximum absolute atomic E-state index is 12.4. The van der Waals surface area contributed by atoms with Gasteiger partial charge in [-0.05, 0) is 41.5 Å². The van der Waals surface area contributed by atoms with Crippen molar-refractivity contribution >= 4 is 11.8 Å². The number of ether oxygens (including phenoxy) is 1. The lowest BCUT2D eigenvalue weighted by Gasteiger charge is -2.27. The van der Waals surface area contributed by atoms with Crippen LogP contribution in [-0.2, 0) is 9.53 Å². The Morgan fingerprint density at radius 2 is 1.42 bits per heavy atom. The maximum Gasteiger partial charge on any atom is 0.319 e. The number of benzene rings is 1. The van der Waals surface area contributed by atoms with Crippen LogP contribution >= 0.6 is 0 Å². The number of aryl methyl sites for hydroxylation is 1. The second-order valence-electron chi connectivity index (χ2n) is 6.32. The van der Waals surface area contributed by atoms with Crippen LogP contribution in [0.4, 0.5) is 0 Å². The van der Waals surface area contributed by atoms with Gasteiger partial charge in [0.2, 0.25) is 0 Å². The molecule has 0 saturated carbocycles. The van der Waals surface area contributed by atoms with Gasteiger partial charge in [-0.25, -0.2) is 0 Å². The van der Waals surface area contributed by atoms with Gasteiger partial charge in [0.15, 0.2) is 5.78 Å². The summed E-state index contributed by atoms with van der Waals surface area (Å²) >= 11 is 0. The first kappa shape index (κ1) is 15.4. The summed E-state index contributed by atoms with van der Waals surface area (Å²) in [6.07, 6.45) is 0. The predicted molar refractivity (Wildman–Crippen MR) is 75.1 cm³/mol. The number of carbonyl (C=O) groups is 2. The van der Waals surface area contributed by atoms with E-state index in [0.29, 0.717) is 5.56 Å². The van der Waals surface area contributed by atoms with E-state index in [1.165, 1.54) is 0 Å². The molecule has 0 aliphatic heterocycles. The summed E-state index contributed by atoms with van der Waals surface area (Å²) in [5.74, 6) is -0.715. The van der Waals surface area contributed by atoms with Gasteiger partial charge in [-0.3, -0.25) is 9.59 Å². The minimum Gasteiger partial charge on any atom is -0.459 e. The van der Waals surface area contributed by atoms with Crippen molar-refractivity contribution in [2.24, 2.45) is 5.41 Å². The highest BCUT2D eigenvalue weighted by Crippen LogP contribution is 2.26. The molecule has 0 amide bonds. The fourth-order valence-corrected chi connectivity index (χ4v) is 1.56. The van der Waals surface area contributed by atoms with Gasteiger partial charge in [0, 0.05) is 5.56 Å². The van der Waals surface area contributed by atoms with Crippen LogP contribution in [0.1, 0.15) is 50.5 Å². The fourth-order valence-electron chi connectivity index (χ4n) is 1.56. The molecule has 0 unspecified atom stereocenters. The molecule has 1 aromatic carbocycles. The first-order valence-corrected chi connectivity index (χ1v) is 6.39. The Bertz CT molecular complexity index is 476. The molecule has 19 heavy (non-hydrogen) atoms. The topological polar surface area (TPSA) is 43.4 Å². The minimum atomic E-state index is -1.18. The van der Waals surface area contributed by atoms with E-state index in [4.69, 9.17) is 4.74 Å². The highest BCUT2D eigenvalue weighted by atomic mass is 16.6. The van der Waals surface area contributed by atoms with Crippen LogP contribution in [0.3, 0.4) is 0 Å². The van der Waals surface area contributed by atoms with E-state index in [-0.39, 0.29) is 5.78 Å².